The number of carboxylic acid groups (broad SMARTS) is 1. The molecule has 0 bridgehead atoms. The Balaban J connectivity index is 2.13. The Morgan fingerprint density at radius 2 is 2.47 bits per heavy atom. The van der Waals surface area contributed by atoms with E-state index in [0.717, 1.165) is 13.0 Å². The topological polar surface area (TPSA) is 51.5 Å². The van der Waals surface area contributed by atoms with Crippen molar-refractivity contribution in [3.63, 3.8) is 0 Å². The Labute approximate surface area is 87.8 Å². The van der Waals surface area contributed by atoms with Crippen LogP contribution in [0.25, 0.3) is 0 Å². The molecule has 0 atom stereocenters. The minimum atomic E-state index is -0.882. The van der Waals surface area contributed by atoms with Crippen molar-refractivity contribution in [1.82, 2.24) is 4.57 Å². The molecule has 0 saturated heterocycles. The summed E-state index contributed by atoms with van der Waals surface area (Å²) in [5, 5.41) is 8.92. The summed E-state index contributed by atoms with van der Waals surface area (Å²) in [4.78, 5) is 10.9. The summed E-state index contributed by atoms with van der Waals surface area (Å²) in [7, 11) is 0. The summed E-state index contributed by atoms with van der Waals surface area (Å²) in [6, 6.07) is 3.37. The van der Waals surface area contributed by atoms with Crippen molar-refractivity contribution < 1.29 is 14.6 Å². The summed E-state index contributed by atoms with van der Waals surface area (Å²) >= 11 is 0. The number of ether oxygens (including phenoxy) is 1. The normalized spacial score (nSPS) is 16.1. The van der Waals surface area contributed by atoms with Crippen molar-refractivity contribution in [2.45, 2.75) is 13.0 Å². The molecule has 0 amide bonds. The van der Waals surface area contributed by atoms with Crippen LogP contribution in [0, 0.1) is 0 Å². The predicted octanol–water partition coefficient (Wildman–Crippen LogP) is 1.53. The third kappa shape index (κ3) is 2.27. The van der Waals surface area contributed by atoms with Crippen molar-refractivity contribution in [1.29, 1.82) is 0 Å². The van der Waals surface area contributed by atoms with Gasteiger partial charge in [0.1, 0.15) is 5.69 Å². The van der Waals surface area contributed by atoms with E-state index in [2.05, 4.69) is 0 Å². The molecule has 1 aliphatic rings. The van der Waals surface area contributed by atoms with Gasteiger partial charge >= 0.3 is 5.97 Å². The van der Waals surface area contributed by atoms with Crippen molar-refractivity contribution in [2.24, 2.45) is 0 Å². The van der Waals surface area contributed by atoms with Crippen LogP contribution in [-0.4, -0.2) is 28.9 Å². The number of hydrogen-bond acceptors (Lipinski definition) is 2. The van der Waals surface area contributed by atoms with E-state index in [-0.39, 0.29) is 0 Å². The SMILES string of the molecule is O=C(O)c1cccn1CC1=CCOCC1. The van der Waals surface area contributed by atoms with Gasteiger partial charge in [0.2, 0.25) is 0 Å². The van der Waals surface area contributed by atoms with Gasteiger partial charge in [-0.05, 0) is 24.1 Å². The molecule has 80 valence electrons. The smallest absolute Gasteiger partial charge is 0.352 e. The Morgan fingerprint density at radius 3 is 3.13 bits per heavy atom. The molecule has 2 heterocycles. The number of aromatic carboxylic acids is 1. The fourth-order valence-electron chi connectivity index (χ4n) is 1.67. The Bertz CT molecular complexity index is 392. The average molecular weight is 207 g/mol. The van der Waals surface area contributed by atoms with Gasteiger partial charge in [-0.3, -0.25) is 0 Å². The second kappa shape index (κ2) is 4.31. The van der Waals surface area contributed by atoms with Crippen LogP contribution in [0.5, 0.6) is 0 Å². The van der Waals surface area contributed by atoms with Gasteiger partial charge in [0.15, 0.2) is 0 Å². The van der Waals surface area contributed by atoms with Crippen LogP contribution in [-0.2, 0) is 11.3 Å². The molecule has 0 radical (unpaired) electrons. The second-order valence-corrected chi connectivity index (χ2v) is 3.51. The predicted molar refractivity (Wildman–Crippen MR) is 54.9 cm³/mol. The van der Waals surface area contributed by atoms with Crippen molar-refractivity contribution in [3.05, 3.63) is 35.7 Å². The van der Waals surface area contributed by atoms with Crippen LogP contribution in [0.1, 0.15) is 16.9 Å². The first-order chi connectivity index (χ1) is 7.27. The molecule has 0 fully saturated rings. The van der Waals surface area contributed by atoms with Gasteiger partial charge in [0.25, 0.3) is 0 Å². The minimum Gasteiger partial charge on any atom is -0.477 e. The molecule has 4 heteroatoms. The number of hydrogen-bond donors (Lipinski definition) is 1. The van der Waals surface area contributed by atoms with Gasteiger partial charge in [-0.15, -0.1) is 0 Å². The molecule has 0 aromatic carbocycles. The van der Waals surface area contributed by atoms with E-state index in [0.29, 0.717) is 18.8 Å². The van der Waals surface area contributed by atoms with E-state index in [1.807, 2.05) is 6.08 Å². The Kier molecular flexibility index (Phi) is 2.87. The van der Waals surface area contributed by atoms with Crippen LogP contribution < -0.4 is 0 Å². The lowest BCUT2D eigenvalue weighted by molar-refractivity contribution is 0.0685. The van der Waals surface area contributed by atoms with E-state index in [4.69, 9.17) is 9.84 Å². The second-order valence-electron chi connectivity index (χ2n) is 3.51. The lowest BCUT2D eigenvalue weighted by Gasteiger charge is -2.15. The Morgan fingerprint density at radius 1 is 1.60 bits per heavy atom. The third-order valence-electron chi connectivity index (χ3n) is 2.48. The van der Waals surface area contributed by atoms with Gasteiger partial charge in [0, 0.05) is 12.7 Å². The van der Waals surface area contributed by atoms with Crippen LogP contribution in [0.15, 0.2) is 30.0 Å². The van der Waals surface area contributed by atoms with Crippen molar-refractivity contribution in [2.75, 3.05) is 13.2 Å². The highest BCUT2D eigenvalue weighted by Crippen LogP contribution is 2.12. The van der Waals surface area contributed by atoms with E-state index < -0.39 is 5.97 Å². The third-order valence-corrected chi connectivity index (χ3v) is 2.48. The molecule has 0 unspecified atom stereocenters. The van der Waals surface area contributed by atoms with Crippen molar-refractivity contribution >= 4 is 5.97 Å². The molecule has 1 aliphatic heterocycles. The highest BCUT2D eigenvalue weighted by molar-refractivity contribution is 5.85. The van der Waals surface area contributed by atoms with Gasteiger partial charge in [-0.1, -0.05) is 6.08 Å². The molecule has 15 heavy (non-hydrogen) atoms. The first kappa shape index (κ1) is 9.98. The summed E-state index contributed by atoms with van der Waals surface area (Å²) in [5.41, 5.74) is 1.57. The quantitative estimate of drug-likeness (QED) is 0.765. The molecular formula is C11H13NO3. The van der Waals surface area contributed by atoms with E-state index in [9.17, 15) is 4.79 Å². The molecule has 1 aromatic heterocycles. The van der Waals surface area contributed by atoms with E-state index >= 15 is 0 Å². The van der Waals surface area contributed by atoms with Gasteiger partial charge < -0.3 is 14.4 Å². The van der Waals surface area contributed by atoms with Crippen LogP contribution in [0.3, 0.4) is 0 Å². The minimum absolute atomic E-state index is 0.336. The summed E-state index contributed by atoms with van der Waals surface area (Å²) in [6.45, 7) is 2.02. The number of carbonyl (C=O) groups is 1. The first-order valence-corrected chi connectivity index (χ1v) is 4.91. The first-order valence-electron chi connectivity index (χ1n) is 4.91. The zero-order valence-corrected chi connectivity index (χ0v) is 8.35. The van der Waals surface area contributed by atoms with Gasteiger partial charge in [-0.25, -0.2) is 4.79 Å². The maximum Gasteiger partial charge on any atom is 0.352 e. The molecule has 0 spiro atoms. The van der Waals surface area contributed by atoms with E-state index in [1.54, 1.807) is 22.9 Å². The standard InChI is InChI=1S/C11H13NO3/c13-11(14)10-2-1-5-12(10)8-9-3-6-15-7-4-9/h1-3,5H,4,6-8H2,(H,13,14). The summed E-state index contributed by atoms with van der Waals surface area (Å²) in [5.74, 6) is -0.882. The van der Waals surface area contributed by atoms with Crippen LogP contribution in [0.4, 0.5) is 0 Å². The average Bonchev–Trinajstić information content (AvgIpc) is 2.67. The zero-order valence-electron chi connectivity index (χ0n) is 8.35. The van der Waals surface area contributed by atoms with Crippen LogP contribution >= 0.6 is 0 Å². The maximum atomic E-state index is 10.9. The monoisotopic (exact) mass is 207 g/mol. The van der Waals surface area contributed by atoms with Crippen molar-refractivity contribution in [3.8, 4) is 0 Å². The molecule has 0 aliphatic carbocycles. The molecular weight excluding hydrogens is 194 g/mol. The largest absolute Gasteiger partial charge is 0.477 e. The summed E-state index contributed by atoms with van der Waals surface area (Å²) in [6.07, 6.45) is 4.70. The molecule has 2 rings (SSSR count). The van der Waals surface area contributed by atoms with Gasteiger partial charge in [0.05, 0.1) is 13.2 Å². The fraction of sp³-hybridized carbons (Fsp3) is 0.364. The molecule has 1 aromatic rings. The Hall–Kier alpha value is -1.55. The van der Waals surface area contributed by atoms with Gasteiger partial charge in [-0.2, -0.15) is 0 Å². The number of aromatic nitrogens is 1. The maximum absolute atomic E-state index is 10.9. The highest BCUT2D eigenvalue weighted by atomic mass is 16.5. The highest BCUT2D eigenvalue weighted by Gasteiger charge is 2.10. The molecule has 1 N–H and O–H groups in total. The summed E-state index contributed by atoms with van der Waals surface area (Å²) < 4.78 is 6.94. The lowest BCUT2D eigenvalue weighted by Crippen LogP contribution is -2.13. The lowest BCUT2D eigenvalue weighted by atomic mass is 10.1. The van der Waals surface area contributed by atoms with E-state index in [1.165, 1.54) is 5.57 Å². The fourth-order valence-corrected chi connectivity index (χ4v) is 1.67. The number of rotatable bonds is 3. The molecule has 4 nitrogen and oxygen atoms in total. The molecule has 0 saturated carbocycles. The zero-order chi connectivity index (χ0) is 10.7. The number of nitrogens with zero attached hydrogens (tertiary/aromatic N) is 1. The number of carboxylic acids is 1. The van der Waals surface area contributed by atoms with Crippen LogP contribution in [0.2, 0.25) is 0 Å².